The van der Waals surface area contributed by atoms with Gasteiger partial charge >= 0.3 is 0 Å². The zero-order valence-corrected chi connectivity index (χ0v) is 18.7. The van der Waals surface area contributed by atoms with Crippen LogP contribution in [0, 0.1) is 6.92 Å². The Balaban J connectivity index is 1.89. The highest BCUT2D eigenvalue weighted by molar-refractivity contribution is 9.10. The molecular weight excluding hydrogens is 464 g/mol. The number of aryl methyl sites for hydroxylation is 1. The van der Waals surface area contributed by atoms with E-state index < -0.39 is 0 Å². The Morgan fingerprint density at radius 2 is 2.07 bits per heavy atom. The van der Waals surface area contributed by atoms with Gasteiger partial charge in [-0.15, -0.1) is 0 Å². The molecule has 1 saturated heterocycles. The van der Waals surface area contributed by atoms with E-state index in [0.717, 1.165) is 15.6 Å². The zero-order valence-electron chi connectivity index (χ0n) is 15.5. The van der Waals surface area contributed by atoms with E-state index in [-0.39, 0.29) is 5.91 Å². The molecule has 0 unspecified atom stereocenters. The van der Waals surface area contributed by atoms with Crippen molar-refractivity contribution in [2.75, 3.05) is 13.7 Å². The number of ether oxygens (including phenoxy) is 2. The lowest BCUT2D eigenvalue weighted by molar-refractivity contribution is -0.115. The molecule has 1 aliphatic heterocycles. The fourth-order valence-corrected chi connectivity index (χ4v) is 3.92. The zero-order chi connectivity index (χ0) is 20.3. The van der Waals surface area contributed by atoms with Crippen molar-refractivity contribution in [3.8, 4) is 11.5 Å². The second-order valence-corrected chi connectivity index (χ2v) is 8.16. The molecule has 0 aromatic heterocycles. The molecule has 1 N–H and O–H groups in total. The summed E-state index contributed by atoms with van der Waals surface area (Å²) in [5.41, 5.74) is 2.47. The van der Waals surface area contributed by atoms with Crippen LogP contribution in [0.15, 0.2) is 44.7 Å². The number of benzene rings is 2. The lowest BCUT2D eigenvalue weighted by Crippen LogP contribution is -2.19. The standard InChI is InChI=1S/C20H18BrClN2O3S/c1-4-27-17-7-12(14(21)10-16(17)26-3)8-18-19(25)24-20(28-18)23-13-6-5-11(2)15(22)9-13/h5-10H,4H2,1-3H3,(H,23,24,25)/b18-8-. The molecule has 0 radical (unpaired) electrons. The Morgan fingerprint density at radius 1 is 1.29 bits per heavy atom. The molecule has 0 saturated carbocycles. The minimum Gasteiger partial charge on any atom is -0.493 e. The molecule has 2 aromatic carbocycles. The number of hydrogen-bond donors (Lipinski definition) is 1. The van der Waals surface area contributed by atoms with Crippen LogP contribution in [0.1, 0.15) is 18.1 Å². The number of amides is 1. The third kappa shape index (κ3) is 4.71. The molecular formula is C20H18BrClN2O3S. The first-order valence-corrected chi connectivity index (χ1v) is 10.5. The number of thioether (sulfide) groups is 1. The number of hydrogen-bond acceptors (Lipinski definition) is 5. The third-order valence-corrected chi connectivity index (χ3v) is 5.91. The molecule has 0 spiro atoms. The van der Waals surface area contributed by atoms with Crippen molar-refractivity contribution >= 4 is 62.1 Å². The molecule has 3 rings (SSSR count). The number of nitrogens with zero attached hydrogens (tertiary/aromatic N) is 1. The van der Waals surface area contributed by atoms with Crippen molar-refractivity contribution in [3.63, 3.8) is 0 Å². The fraction of sp³-hybridized carbons (Fsp3) is 0.200. The second-order valence-electron chi connectivity index (χ2n) is 5.87. The molecule has 1 fully saturated rings. The van der Waals surface area contributed by atoms with Crippen molar-refractivity contribution in [1.29, 1.82) is 0 Å². The van der Waals surface area contributed by atoms with E-state index >= 15 is 0 Å². The smallest absolute Gasteiger partial charge is 0.264 e. The molecule has 2 aromatic rings. The van der Waals surface area contributed by atoms with Gasteiger partial charge < -0.3 is 14.8 Å². The van der Waals surface area contributed by atoms with Gasteiger partial charge in [0.25, 0.3) is 5.91 Å². The highest BCUT2D eigenvalue weighted by atomic mass is 79.9. The highest BCUT2D eigenvalue weighted by Crippen LogP contribution is 2.36. The maximum absolute atomic E-state index is 12.4. The number of carbonyl (C=O) groups excluding carboxylic acids is 1. The van der Waals surface area contributed by atoms with Crippen molar-refractivity contribution in [2.45, 2.75) is 13.8 Å². The molecule has 1 amide bonds. The number of nitrogens with one attached hydrogen (secondary N) is 1. The summed E-state index contributed by atoms with van der Waals surface area (Å²) < 4.78 is 11.7. The van der Waals surface area contributed by atoms with Gasteiger partial charge in [0.15, 0.2) is 16.7 Å². The van der Waals surface area contributed by atoms with E-state index in [9.17, 15) is 4.79 Å². The van der Waals surface area contributed by atoms with Crippen LogP contribution in [0.25, 0.3) is 6.08 Å². The van der Waals surface area contributed by atoms with Crippen LogP contribution in [0.5, 0.6) is 11.5 Å². The van der Waals surface area contributed by atoms with E-state index in [1.807, 2.05) is 38.1 Å². The first kappa shape index (κ1) is 20.8. The quantitative estimate of drug-likeness (QED) is 0.556. The SMILES string of the molecule is CCOc1cc(/C=C2\SC(=Nc3ccc(C)c(Cl)c3)NC2=O)c(Br)cc1OC. The van der Waals surface area contributed by atoms with Crippen LogP contribution >= 0.6 is 39.3 Å². The minimum absolute atomic E-state index is 0.206. The Bertz CT molecular complexity index is 992. The molecule has 5 nitrogen and oxygen atoms in total. The first-order chi connectivity index (χ1) is 13.4. The highest BCUT2D eigenvalue weighted by Gasteiger charge is 2.24. The van der Waals surface area contributed by atoms with Gasteiger partial charge in [-0.05, 0) is 67.1 Å². The van der Waals surface area contributed by atoms with Crippen molar-refractivity contribution in [3.05, 3.63) is 55.9 Å². The van der Waals surface area contributed by atoms with Gasteiger partial charge in [0.05, 0.1) is 24.3 Å². The predicted molar refractivity (Wildman–Crippen MR) is 119 cm³/mol. The Hall–Kier alpha value is -1.96. The van der Waals surface area contributed by atoms with Gasteiger partial charge in [-0.25, -0.2) is 4.99 Å². The van der Waals surface area contributed by atoms with Crippen molar-refractivity contribution in [2.24, 2.45) is 4.99 Å². The van der Waals surface area contributed by atoms with E-state index in [1.54, 1.807) is 19.3 Å². The summed E-state index contributed by atoms with van der Waals surface area (Å²) in [5.74, 6) is 1.03. The number of aliphatic imine (C=N–C) groups is 1. The van der Waals surface area contributed by atoms with E-state index in [4.69, 9.17) is 21.1 Å². The lowest BCUT2D eigenvalue weighted by Gasteiger charge is -2.11. The molecule has 28 heavy (non-hydrogen) atoms. The molecule has 146 valence electrons. The van der Waals surface area contributed by atoms with Crippen LogP contribution < -0.4 is 14.8 Å². The molecule has 0 bridgehead atoms. The molecule has 8 heteroatoms. The van der Waals surface area contributed by atoms with Gasteiger partial charge in [0, 0.05) is 9.50 Å². The summed E-state index contributed by atoms with van der Waals surface area (Å²) in [6, 6.07) is 9.17. The average molecular weight is 482 g/mol. The monoisotopic (exact) mass is 480 g/mol. The minimum atomic E-state index is -0.206. The average Bonchev–Trinajstić information content (AvgIpc) is 3.00. The van der Waals surface area contributed by atoms with Gasteiger partial charge in [-0.2, -0.15) is 0 Å². The first-order valence-electron chi connectivity index (χ1n) is 8.47. The summed E-state index contributed by atoms with van der Waals surface area (Å²) in [5, 5.41) is 3.92. The summed E-state index contributed by atoms with van der Waals surface area (Å²) in [6.45, 7) is 4.34. The van der Waals surface area contributed by atoms with Crippen LogP contribution in [0.3, 0.4) is 0 Å². The maximum Gasteiger partial charge on any atom is 0.264 e. The van der Waals surface area contributed by atoms with Crippen LogP contribution in [-0.4, -0.2) is 24.8 Å². The molecule has 1 aliphatic rings. The van der Waals surface area contributed by atoms with Crippen LogP contribution in [-0.2, 0) is 4.79 Å². The Labute approximate surface area is 181 Å². The van der Waals surface area contributed by atoms with Crippen LogP contribution in [0.4, 0.5) is 5.69 Å². The van der Waals surface area contributed by atoms with Gasteiger partial charge in [0.2, 0.25) is 0 Å². The maximum atomic E-state index is 12.4. The second kappa shape index (κ2) is 9.03. The van der Waals surface area contributed by atoms with Gasteiger partial charge in [-0.1, -0.05) is 33.6 Å². The third-order valence-electron chi connectivity index (χ3n) is 3.91. The number of rotatable bonds is 5. The largest absolute Gasteiger partial charge is 0.493 e. The number of halogens is 2. The molecule has 0 atom stereocenters. The predicted octanol–water partition coefficient (Wildman–Crippen LogP) is 5.71. The topological polar surface area (TPSA) is 59.9 Å². The van der Waals surface area contributed by atoms with E-state index in [2.05, 4.69) is 26.2 Å². The molecule has 1 heterocycles. The number of carbonyl (C=O) groups is 1. The van der Waals surface area contributed by atoms with Gasteiger partial charge in [0.1, 0.15) is 0 Å². The van der Waals surface area contributed by atoms with Crippen molar-refractivity contribution in [1.82, 2.24) is 5.32 Å². The van der Waals surface area contributed by atoms with Crippen LogP contribution in [0.2, 0.25) is 5.02 Å². The number of methoxy groups -OCH3 is 1. The normalized spacial score (nSPS) is 16.5. The number of amidine groups is 1. The van der Waals surface area contributed by atoms with Gasteiger partial charge in [-0.3, -0.25) is 4.79 Å². The van der Waals surface area contributed by atoms with E-state index in [0.29, 0.717) is 38.9 Å². The molecule has 0 aliphatic carbocycles. The summed E-state index contributed by atoms with van der Waals surface area (Å²) in [7, 11) is 1.59. The lowest BCUT2D eigenvalue weighted by atomic mass is 10.2. The Morgan fingerprint density at radius 3 is 2.75 bits per heavy atom. The Kier molecular flexibility index (Phi) is 6.69. The fourth-order valence-electron chi connectivity index (χ4n) is 2.48. The summed E-state index contributed by atoms with van der Waals surface area (Å²) in [4.78, 5) is 17.4. The van der Waals surface area contributed by atoms with E-state index in [1.165, 1.54) is 11.8 Å². The summed E-state index contributed by atoms with van der Waals surface area (Å²) >= 11 is 10.9. The van der Waals surface area contributed by atoms with Crippen molar-refractivity contribution < 1.29 is 14.3 Å². The summed E-state index contributed by atoms with van der Waals surface area (Å²) in [6.07, 6.45) is 1.79.